The lowest BCUT2D eigenvalue weighted by Gasteiger charge is -2.05. The van der Waals surface area contributed by atoms with Crippen LogP contribution in [0.15, 0.2) is 34.0 Å². The van der Waals surface area contributed by atoms with E-state index in [0.717, 1.165) is 18.4 Å². The van der Waals surface area contributed by atoms with Gasteiger partial charge in [-0.2, -0.15) is 10.4 Å². The number of hydrogen-bond acceptors (Lipinski definition) is 6. The molecule has 2 heterocycles. The molecule has 0 fully saturated rings. The van der Waals surface area contributed by atoms with E-state index in [9.17, 15) is 0 Å². The number of rotatable bonds is 6. The van der Waals surface area contributed by atoms with Crippen LogP contribution in [-0.4, -0.2) is 16.2 Å². The van der Waals surface area contributed by atoms with Gasteiger partial charge in [0.2, 0.25) is 11.6 Å². The van der Waals surface area contributed by atoms with Crippen molar-refractivity contribution >= 4 is 12.1 Å². The third-order valence-electron chi connectivity index (χ3n) is 3.17. The molecule has 2 aromatic rings. The topological polar surface area (TPSA) is 87.1 Å². The number of oxazole rings is 1. The van der Waals surface area contributed by atoms with Crippen LogP contribution < -0.4 is 5.43 Å². The number of hydrogen-bond donors (Lipinski definition) is 1. The Morgan fingerprint density at radius 2 is 2.10 bits per heavy atom. The van der Waals surface area contributed by atoms with E-state index in [1.165, 1.54) is 0 Å². The Kier molecular flexibility index (Phi) is 5.04. The van der Waals surface area contributed by atoms with Crippen molar-refractivity contribution in [3.05, 3.63) is 41.7 Å². The molecule has 1 N–H and O–H groups in total. The minimum absolute atomic E-state index is 0.219. The molecule has 0 atom stereocenters. The molecule has 0 spiro atoms. The average molecular weight is 283 g/mol. The van der Waals surface area contributed by atoms with E-state index in [1.807, 2.05) is 18.2 Å². The van der Waals surface area contributed by atoms with Gasteiger partial charge in [-0.1, -0.05) is 13.8 Å². The predicted octanol–water partition coefficient (Wildman–Crippen LogP) is 3.29. The average Bonchev–Trinajstić information content (AvgIpc) is 2.93. The molecule has 0 bridgehead atoms. The third kappa shape index (κ3) is 3.66. The van der Waals surface area contributed by atoms with Crippen LogP contribution in [-0.2, 0) is 0 Å². The summed E-state index contributed by atoms with van der Waals surface area (Å²) in [6.45, 7) is 4.14. The molecular formula is C15H17N5O. The van der Waals surface area contributed by atoms with Crippen molar-refractivity contribution < 1.29 is 4.42 Å². The summed E-state index contributed by atoms with van der Waals surface area (Å²) in [6.07, 6.45) is 6.83. The summed E-state index contributed by atoms with van der Waals surface area (Å²) in [7, 11) is 0. The summed E-state index contributed by atoms with van der Waals surface area (Å²) < 4.78 is 5.62. The molecule has 0 amide bonds. The van der Waals surface area contributed by atoms with Gasteiger partial charge >= 0.3 is 0 Å². The molecule has 108 valence electrons. The molecule has 0 unspecified atom stereocenters. The number of hydrazone groups is 1. The van der Waals surface area contributed by atoms with Crippen molar-refractivity contribution in [2.24, 2.45) is 5.10 Å². The van der Waals surface area contributed by atoms with Crippen LogP contribution in [0.4, 0.5) is 5.88 Å². The van der Waals surface area contributed by atoms with Crippen LogP contribution in [0.5, 0.6) is 0 Å². The fraction of sp³-hybridized carbons (Fsp3) is 0.333. The summed E-state index contributed by atoms with van der Waals surface area (Å²) >= 11 is 0. The maximum absolute atomic E-state index is 9.10. The monoisotopic (exact) mass is 283 g/mol. The lowest BCUT2D eigenvalue weighted by Crippen LogP contribution is -1.95. The van der Waals surface area contributed by atoms with Gasteiger partial charge in [0.25, 0.3) is 5.88 Å². The summed E-state index contributed by atoms with van der Waals surface area (Å²) in [4.78, 5) is 8.15. The standard InChI is InChI=1S/C15H17N5O/c1-3-12(4-2)14-19-13(9-16)15(21-14)20-18-10-11-5-7-17-8-6-11/h5-8,10,12,20H,3-4H2,1-2H3. The quantitative estimate of drug-likeness (QED) is 0.649. The Bertz CT molecular complexity index is 638. The first kappa shape index (κ1) is 14.7. The van der Waals surface area contributed by atoms with E-state index in [-0.39, 0.29) is 17.5 Å². The molecule has 2 rings (SSSR count). The highest BCUT2D eigenvalue weighted by Gasteiger charge is 2.18. The third-order valence-corrected chi connectivity index (χ3v) is 3.17. The minimum atomic E-state index is 0.219. The highest BCUT2D eigenvalue weighted by atomic mass is 16.4. The second-order valence-corrected chi connectivity index (χ2v) is 4.51. The number of nitrogens with one attached hydrogen (secondary N) is 1. The van der Waals surface area contributed by atoms with Gasteiger partial charge in [0.1, 0.15) is 6.07 Å². The van der Waals surface area contributed by atoms with E-state index >= 15 is 0 Å². The van der Waals surface area contributed by atoms with E-state index < -0.39 is 0 Å². The summed E-state index contributed by atoms with van der Waals surface area (Å²) in [5, 5.41) is 13.2. The normalized spacial score (nSPS) is 11.0. The molecule has 6 nitrogen and oxygen atoms in total. The summed E-state index contributed by atoms with van der Waals surface area (Å²) in [6, 6.07) is 5.67. The van der Waals surface area contributed by atoms with Crippen molar-refractivity contribution in [2.45, 2.75) is 32.6 Å². The van der Waals surface area contributed by atoms with E-state index in [2.05, 4.69) is 34.3 Å². The fourth-order valence-corrected chi connectivity index (χ4v) is 1.92. The highest BCUT2D eigenvalue weighted by Crippen LogP contribution is 2.26. The van der Waals surface area contributed by atoms with Gasteiger partial charge < -0.3 is 4.42 Å². The van der Waals surface area contributed by atoms with Crippen LogP contribution in [0.2, 0.25) is 0 Å². The van der Waals surface area contributed by atoms with Gasteiger partial charge in [0, 0.05) is 18.3 Å². The summed E-state index contributed by atoms with van der Waals surface area (Å²) in [5.41, 5.74) is 3.86. The number of nitriles is 1. The zero-order chi connectivity index (χ0) is 15.1. The Morgan fingerprint density at radius 1 is 1.38 bits per heavy atom. The first-order chi connectivity index (χ1) is 10.3. The maximum atomic E-state index is 9.10. The second-order valence-electron chi connectivity index (χ2n) is 4.51. The number of anilines is 1. The molecular weight excluding hydrogens is 266 g/mol. The molecule has 0 aliphatic rings. The smallest absolute Gasteiger partial charge is 0.252 e. The Morgan fingerprint density at radius 3 is 2.71 bits per heavy atom. The SMILES string of the molecule is CCC(CC)c1nc(C#N)c(NN=Cc2ccncc2)o1. The first-order valence-corrected chi connectivity index (χ1v) is 6.88. The lowest BCUT2D eigenvalue weighted by atomic mass is 10.0. The second kappa shape index (κ2) is 7.20. The molecule has 0 aromatic carbocycles. The van der Waals surface area contributed by atoms with Crippen LogP contribution in [0.25, 0.3) is 0 Å². The van der Waals surface area contributed by atoms with E-state index in [1.54, 1.807) is 18.6 Å². The minimum Gasteiger partial charge on any atom is -0.422 e. The van der Waals surface area contributed by atoms with Crippen molar-refractivity contribution in [3.8, 4) is 6.07 Å². The van der Waals surface area contributed by atoms with Gasteiger partial charge in [0.05, 0.1) is 6.21 Å². The molecule has 0 saturated carbocycles. The van der Waals surface area contributed by atoms with Crippen molar-refractivity contribution in [2.75, 3.05) is 5.43 Å². The molecule has 0 aliphatic heterocycles. The Hall–Kier alpha value is -2.68. The van der Waals surface area contributed by atoms with Gasteiger partial charge in [-0.3, -0.25) is 4.98 Å². The Balaban J connectivity index is 2.13. The van der Waals surface area contributed by atoms with Crippen LogP contribution >= 0.6 is 0 Å². The van der Waals surface area contributed by atoms with Gasteiger partial charge in [-0.05, 0) is 30.5 Å². The van der Waals surface area contributed by atoms with Crippen LogP contribution in [0.3, 0.4) is 0 Å². The van der Waals surface area contributed by atoms with E-state index in [0.29, 0.717) is 5.89 Å². The van der Waals surface area contributed by atoms with Gasteiger partial charge in [-0.15, -0.1) is 0 Å². The summed E-state index contributed by atoms with van der Waals surface area (Å²) in [5.74, 6) is 1.08. The number of pyridine rings is 1. The molecule has 2 aromatic heterocycles. The zero-order valence-electron chi connectivity index (χ0n) is 12.1. The predicted molar refractivity (Wildman–Crippen MR) is 80.0 cm³/mol. The van der Waals surface area contributed by atoms with Crippen LogP contribution in [0, 0.1) is 11.3 Å². The van der Waals surface area contributed by atoms with Crippen molar-refractivity contribution in [1.29, 1.82) is 5.26 Å². The molecule has 6 heteroatoms. The first-order valence-electron chi connectivity index (χ1n) is 6.88. The van der Waals surface area contributed by atoms with Gasteiger partial charge in [-0.25, -0.2) is 10.4 Å². The largest absolute Gasteiger partial charge is 0.422 e. The van der Waals surface area contributed by atoms with Crippen molar-refractivity contribution in [3.63, 3.8) is 0 Å². The fourth-order valence-electron chi connectivity index (χ4n) is 1.92. The molecule has 0 aliphatic carbocycles. The van der Waals surface area contributed by atoms with Gasteiger partial charge in [0.15, 0.2) is 0 Å². The Labute approximate surface area is 123 Å². The zero-order valence-corrected chi connectivity index (χ0v) is 12.1. The van der Waals surface area contributed by atoms with Crippen molar-refractivity contribution in [1.82, 2.24) is 9.97 Å². The molecule has 21 heavy (non-hydrogen) atoms. The molecule has 0 saturated heterocycles. The molecule has 0 radical (unpaired) electrons. The number of aromatic nitrogens is 2. The number of nitrogens with zero attached hydrogens (tertiary/aromatic N) is 4. The maximum Gasteiger partial charge on any atom is 0.252 e. The highest BCUT2D eigenvalue weighted by molar-refractivity contribution is 5.79. The van der Waals surface area contributed by atoms with E-state index in [4.69, 9.17) is 9.68 Å². The van der Waals surface area contributed by atoms with Crippen LogP contribution in [0.1, 0.15) is 49.8 Å². The lowest BCUT2D eigenvalue weighted by molar-refractivity contribution is 0.439.